The van der Waals surface area contributed by atoms with E-state index >= 15 is 0 Å². The molecule has 2 atom stereocenters. The maximum atomic E-state index is 11.7. The predicted octanol–water partition coefficient (Wildman–Crippen LogP) is 0.826. The van der Waals surface area contributed by atoms with Crippen LogP contribution in [-0.2, 0) is 17.6 Å². The summed E-state index contributed by atoms with van der Waals surface area (Å²) in [6, 6.07) is 1.84. The number of aryl methyl sites for hydroxylation is 2. The predicted molar refractivity (Wildman–Crippen MR) is 77.3 cm³/mol. The first-order valence-electron chi connectivity index (χ1n) is 7.27. The SMILES string of the molecule is C[C@@H]1CN(c2nc3c(cc2C(N)=O)CCC3)C[C@H]1C(=O)O. The molecule has 0 spiro atoms. The summed E-state index contributed by atoms with van der Waals surface area (Å²) in [7, 11) is 0. The van der Waals surface area contributed by atoms with Gasteiger partial charge in [0.2, 0.25) is 0 Å². The van der Waals surface area contributed by atoms with Gasteiger partial charge in [-0.15, -0.1) is 0 Å². The smallest absolute Gasteiger partial charge is 0.308 e. The summed E-state index contributed by atoms with van der Waals surface area (Å²) in [5.74, 6) is -1.15. The number of pyridine rings is 1. The third kappa shape index (κ3) is 2.34. The van der Waals surface area contributed by atoms with Crippen molar-refractivity contribution in [2.24, 2.45) is 17.6 Å². The van der Waals surface area contributed by atoms with Crippen LogP contribution in [0.4, 0.5) is 5.82 Å². The molecule has 1 amide bonds. The molecule has 3 rings (SSSR count). The van der Waals surface area contributed by atoms with Crippen molar-refractivity contribution < 1.29 is 14.7 Å². The fourth-order valence-corrected chi connectivity index (χ4v) is 3.34. The minimum absolute atomic E-state index is 0.0262. The van der Waals surface area contributed by atoms with Gasteiger partial charge in [-0.05, 0) is 36.8 Å². The van der Waals surface area contributed by atoms with E-state index in [1.54, 1.807) is 0 Å². The lowest BCUT2D eigenvalue weighted by Gasteiger charge is -2.20. The molecule has 6 heteroatoms. The molecule has 1 fully saturated rings. The Labute approximate surface area is 123 Å². The van der Waals surface area contributed by atoms with E-state index in [0.29, 0.717) is 24.5 Å². The number of hydrogen-bond donors (Lipinski definition) is 2. The molecular weight excluding hydrogens is 270 g/mol. The Balaban J connectivity index is 1.98. The van der Waals surface area contributed by atoms with Crippen molar-refractivity contribution in [1.29, 1.82) is 0 Å². The number of hydrogen-bond acceptors (Lipinski definition) is 4. The zero-order valence-corrected chi connectivity index (χ0v) is 12.0. The van der Waals surface area contributed by atoms with Crippen molar-refractivity contribution in [3.05, 3.63) is 22.9 Å². The Morgan fingerprint density at radius 3 is 2.76 bits per heavy atom. The van der Waals surface area contributed by atoms with E-state index in [1.165, 1.54) is 0 Å². The van der Waals surface area contributed by atoms with Crippen LogP contribution in [0, 0.1) is 11.8 Å². The van der Waals surface area contributed by atoms with Crippen LogP contribution in [0.1, 0.15) is 35.0 Å². The number of aromatic nitrogens is 1. The van der Waals surface area contributed by atoms with Crippen molar-refractivity contribution in [2.45, 2.75) is 26.2 Å². The summed E-state index contributed by atoms with van der Waals surface area (Å²) in [6.45, 7) is 2.88. The third-order valence-electron chi connectivity index (χ3n) is 4.53. The summed E-state index contributed by atoms with van der Waals surface area (Å²) in [4.78, 5) is 29.5. The number of carbonyl (C=O) groups is 2. The number of aliphatic carboxylic acids is 1. The fraction of sp³-hybridized carbons (Fsp3) is 0.533. The van der Waals surface area contributed by atoms with E-state index in [1.807, 2.05) is 17.9 Å². The van der Waals surface area contributed by atoms with Crippen molar-refractivity contribution in [2.75, 3.05) is 18.0 Å². The molecule has 1 aromatic heterocycles. The van der Waals surface area contributed by atoms with Gasteiger partial charge in [-0.3, -0.25) is 9.59 Å². The number of nitrogens with two attached hydrogens (primary N) is 1. The molecule has 0 saturated carbocycles. The van der Waals surface area contributed by atoms with Gasteiger partial charge >= 0.3 is 5.97 Å². The van der Waals surface area contributed by atoms with Crippen molar-refractivity contribution >= 4 is 17.7 Å². The van der Waals surface area contributed by atoms with Crippen LogP contribution in [0.25, 0.3) is 0 Å². The van der Waals surface area contributed by atoms with Crippen LogP contribution in [-0.4, -0.2) is 35.1 Å². The molecule has 1 aliphatic heterocycles. The van der Waals surface area contributed by atoms with Crippen LogP contribution >= 0.6 is 0 Å². The second-order valence-corrected chi connectivity index (χ2v) is 6.01. The largest absolute Gasteiger partial charge is 0.481 e. The van der Waals surface area contributed by atoms with Crippen molar-refractivity contribution in [3.63, 3.8) is 0 Å². The normalized spacial score (nSPS) is 24.1. The maximum absolute atomic E-state index is 11.7. The fourth-order valence-electron chi connectivity index (χ4n) is 3.34. The highest BCUT2D eigenvalue weighted by atomic mass is 16.4. The van der Waals surface area contributed by atoms with E-state index in [4.69, 9.17) is 5.73 Å². The third-order valence-corrected chi connectivity index (χ3v) is 4.53. The average molecular weight is 289 g/mol. The Morgan fingerprint density at radius 2 is 2.14 bits per heavy atom. The van der Waals surface area contributed by atoms with Gasteiger partial charge < -0.3 is 15.7 Å². The molecule has 112 valence electrons. The molecule has 3 N–H and O–H groups in total. The van der Waals surface area contributed by atoms with Gasteiger partial charge in [0.1, 0.15) is 5.82 Å². The standard InChI is InChI=1S/C15H19N3O3/c1-8-6-18(7-11(8)15(20)21)14-10(13(16)19)5-9-3-2-4-12(9)17-14/h5,8,11H,2-4,6-7H2,1H3,(H2,16,19)(H,20,21)/t8-,11-/m1/s1. The number of rotatable bonds is 3. The molecule has 6 nitrogen and oxygen atoms in total. The molecule has 0 unspecified atom stereocenters. The quantitative estimate of drug-likeness (QED) is 0.859. The molecule has 21 heavy (non-hydrogen) atoms. The molecule has 0 bridgehead atoms. The molecule has 1 saturated heterocycles. The molecule has 2 heterocycles. The summed E-state index contributed by atoms with van der Waals surface area (Å²) >= 11 is 0. The van der Waals surface area contributed by atoms with Crippen molar-refractivity contribution in [3.8, 4) is 0 Å². The zero-order valence-electron chi connectivity index (χ0n) is 12.0. The number of carbonyl (C=O) groups excluding carboxylic acids is 1. The Hall–Kier alpha value is -2.11. The molecule has 2 aliphatic rings. The highest BCUT2D eigenvalue weighted by molar-refractivity contribution is 5.98. The lowest BCUT2D eigenvalue weighted by Crippen LogP contribution is -2.27. The van der Waals surface area contributed by atoms with Crippen LogP contribution < -0.4 is 10.6 Å². The molecule has 0 radical (unpaired) electrons. The number of fused-ring (bicyclic) bond motifs is 1. The number of primary amides is 1. The van der Waals surface area contributed by atoms with E-state index in [-0.39, 0.29) is 5.92 Å². The van der Waals surface area contributed by atoms with E-state index in [9.17, 15) is 14.7 Å². The number of carboxylic acids is 1. The van der Waals surface area contributed by atoms with E-state index in [2.05, 4.69) is 4.98 Å². The van der Waals surface area contributed by atoms with Crippen LogP contribution in [0.3, 0.4) is 0 Å². The second-order valence-electron chi connectivity index (χ2n) is 6.01. The molecular formula is C15H19N3O3. The maximum Gasteiger partial charge on any atom is 0.308 e. The van der Waals surface area contributed by atoms with E-state index in [0.717, 1.165) is 30.5 Å². The van der Waals surface area contributed by atoms with Crippen LogP contribution in [0.15, 0.2) is 6.07 Å². The van der Waals surface area contributed by atoms with Gasteiger partial charge in [0.05, 0.1) is 11.5 Å². The first-order chi connectivity index (χ1) is 9.97. The first kappa shape index (κ1) is 13.9. The Bertz CT molecular complexity index is 614. The topological polar surface area (TPSA) is 96.5 Å². The first-order valence-corrected chi connectivity index (χ1v) is 7.27. The minimum atomic E-state index is -0.799. The van der Waals surface area contributed by atoms with Crippen molar-refractivity contribution in [1.82, 2.24) is 4.98 Å². The summed E-state index contributed by atoms with van der Waals surface area (Å²) in [5, 5.41) is 9.24. The van der Waals surface area contributed by atoms with E-state index < -0.39 is 17.8 Å². The van der Waals surface area contributed by atoms with Gasteiger partial charge in [0.15, 0.2) is 0 Å². The summed E-state index contributed by atoms with van der Waals surface area (Å²) in [5.41, 5.74) is 8.00. The Morgan fingerprint density at radius 1 is 1.38 bits per heavy atom. The number of amides is 1. The average Bonchev–Trinajstić information content (AvgIpc) is 3.02. The van der Waals surface area contributed by atoms with Crippen LogP contribution in [0.2, 0.25) is 0 Å². The summed E-state index contributed by atoms with van der Waals surface area (Å²) < 4.78 is 0. The monoisotopic (exact) mass is 289 g/mol. The molecule has 0 aromatic carbocycles. The highest BCUT2D eigenvalue weighted by Gasteiger charge is 2.37. The van der Waals surface area contributed by atoms with Gasteiger partial charge in [-0.1, -0.05) is 6.92 Å². The number of nitrogens with zero attached hydrogens (tertiary/aromatic N) is 2. The lowest BCUT2D eigenvalue weighted by molar-refractivity contribution is -0.142. The Kier molecular flexibility index (Phi) is 3.31. The highest BCUT2D eigenvalue weighted by Crippen LogP contribution is 2.32. The number of carboxylic acid groups (broad SMARTS) is 1. The zero-order chi connectivity index (χ0) is 15.1. The van der Waals surface area contributed by atoms with Gasteiger partial charge in [-0.25, -0.2) is 4.98 Å². The van der Waals surface area contributed by atoms with Crippen LogP contribution in [0.5, 0.6) is 0 Å². The lowest BCUT2D eigenvalue weighted by atomic mass is 9.99. The number of anilines is 1. The van der Waals surface area contributed by atoms with Gasteiger partial charge in [0.25, 0.3) is 5.91 Å². The minimum Gasteiger partial charge on any atom is -0.481 e. The van der Waals surface area contributed by atoms with Gasteiger partial charge in [-0.2, -0.15) is 0 Å². The van der Waals surface area contributed by atoms with Gasteiger partial charge in [0, 0.05) is 18.8 Å². The molecule has 1 aliphatic carbocycles. The summed E-state index contributed by atoms with van der Waals surface area (Å²) in [6.07, 6.45) is 2.88. The second kappa shape index (κ2) is 5.02. The molecule has 1 aromatic rings.